The third-order valence-corrected chi connectivity index (χ3v) is 5.98. The van der Waals surface area contributed by atoms with Gasteiger partial charge >= 0.3 is 0 Å². The van der Waals surface area contributed by atoms with Gasteiger partial charge in [-0.15, -0.1) is 0 Å². The van der Waals surface area contributed by atoms with Crippen LogP contribution >= 0.6 is 11.9 Å². The number of nitrogens with zero attached hydrogens (tertiary/aromatic N) is 3. The van der Waals surface area contributed by atoms with E-state index in [2.05, 4.69) is 14.8 Å². The van der Waals surface area contributed by atoms with E-state index in [1.165, 1.54) is 35.4 Å². The zero-order valence-corrected chi connectivity index (χ0v) is 18.2. The van der Waals surface area contributed by atoms with E-state index in [0.29, 0.717) is 18.0 Å². The van der Waals surface area contributed by atoms with Crippen molar-refractivity contribution >= 4 is 11.9 Å². The summed E-state index contributed by atoms with van der Waals surface area (Å²) in [6, 6.07) is 8.68. The normalized spacial score (nSPS) is 14.1. The second kappa shape index (κ2) is 10.1. The Morgan fingerprint density at radius 1 is 1.16 bits per heavy atom. The average Bonchev–Trinajstić information content (AvgIpc) is 3.26. The number of aliphatic hydroxyl groups is 1. The van der Waals surface area contributed by atoms with Gasteiger partial charge < -0.3 is 14.6 Å². The number of methoxy groups -OCH3 is 2. The van der Waals surface area contributed by atoms with Crippen molar-refractivity contribution in [1.29, 1.82) is 0 Å². The van der Waals surface area contributed by atoms with Gasteiger partial charge in [-0.1, -0.05) is 24.1 Å². The largest absolute Gasteiger partial charge is 0.493 e. The van der Waals surface area contributed by atoms with E-state index in [-0.39, 0.29) is 12.1 Å². The molecular formula is C21H24F2N4O3S. The Balaban J connectivity index is 1.76. The molecule has 10 heteroatoms. The lowest BCUT2D eigenvalue weighted by Crippen LogP contribution is -2.42. The Hall–Kier alpha value is -2.69. The van der Waals surface area contributed by atoms with E-state index in [1.807, 2.05) is 12.1 Å². The molecule has 1 aromatic heterocycles. The maximum Gasteiger partial charge on any atom is 0.161 e. The molecule has 0 aliphatic carbocycles. The smallest absolute Gasteiger partial charge is 0.161 e. The maximum atomic E-state index is 14.6. The summed E-state index contributed by atoms with van der Waals surface area (Å²) in [6.45, 7) is 2.16. The number of rotatable bonds is 10. The fraction of sp³-hybridized carbons (Fsp3) is 0.333. The summed E-state index contributed by atoms with van der Waals surface area (Å²) in [6.07, 6.45) is 2.76. The standard InChI is InChI=1S/C21H24F2N4O3S/c1-14(31-26-10-15-4-7-19(29-2)20(8-15)30-3)21(28,11-27-13-24-12-25-27)17-6-5-16(22)9-18(17)23/h4-9,12-14,26,28H,10-11H2,1-3H3/t14-,21-/m1/s1. The van der Waals surface area contributed by atoms with E-state index in [4.69, 9.17) is 9.47 Å². The van der Waals surface area contributed by atoms with Crippen LogP contribution in [0.15, 0.2) is 49.1 Å². The molecule has 7 nitrogen and oxygen atoms in total. The molecule has 0 saturated carbocycles. The third-order valence-electron chi connectivity index (χ3n) is 4.92. The summed E-state index contributed by atoms with van der Waals surface area (Å²) >= 11 is 1.24. The van der Waals surface area contributed by atoms with Gasteiger partial charge in [0, 0.05) is 18.2 Å². The summed E-state index contributed by atoms with van der Waals surface area (Å²) in [7, 11) is 3.13. The fourth-order valence-corrected chi connectivity index (χ4v) is 4.07. The van der Waals surface area contributed by atoms with Gasteiger partial charge in [-0.25, -0.2) is 18.4 Å². The van der Waals surface area contributed by atoms with E-state index in [9.17, 15) is 13.9 Å². The molecule has 1 heterocycles. The van der Waals surface area contributed by atoms with Gasteiger partial charge in [0.1, 0.15) is 29.9 Å². The van der Waals surface area contributed by atoms with Crippen LogP contribution in [-0.2, 0) is 18.7 Å². The molecule has 3 aromatic rings. The van der Waals surface area contributed by atoms with Crippen LogP contribution in [0.5, 0.6) is 11.5 Å². The van der Waals surface area contributed by atoms with Crippen LogP contribution in [0, 0.1) is 11.6 Å². The summed E-state index contributed by atoms with van der Waals surface area (Å²) in [4.78, 5) is 3.87. The molecule has 0 unspecified atom stereocenters. The Morgan fingerprint density at radius 2 is 1.94 bits per heavy atom. The molecule has 0 fully saturated rings. The first-order valence-corrected chi connectivity index (χ1v) is 10.3. The van der Waals surface area contributed by atoms with Gasteiger partial charge in [0.25, 0.3) is 0 Å². The molecule has 3 rings (SSSR count). The highest BCUT2D eigenvalue weighted by molar-refractivity contribution is 7.98. The number of ether oxygens (including phenoxy) is 2. The quantitative estimate of drug-likeness (QED) is 0.459. The second-order valence-corrected chi connectivity index (χ2v) is 8.14. The van der Waals surface area contributed by atoms with Crippen molar-refractivity contribution in [1.82, 2.24) is 19.5 Å². The van der Waals surface area contributed by atoms with Gasteiger partial charge in [0.2, 0.25) is 0 Å². The molecule has 2 atom stereocenters. The van der Waals surface area contributed by atoms with Crippen LogP contribution in [0.25, 0.3) is 0 Å². The molecule has 0 aliphatic rings. The Kier molecular flexibility index (Phi) is 7.47. The molecule has 0 radical (unpaired) electrons. The molecule has 0 amide bonds. The van der Waals surface area contributed by atoms with Crippen molar-refractivity contribution in [3.05, 3.63) is 71.8 Å². The minimum atomic E-state index is -1.68. The molecule has 2 N–H and O–H groups in total. The number of halogens is 2. The van der Waals surface area contributed by atoms with E-state index < -0.39 is 22.5 Å². The highest BCUT2D eigenvalue weighted by Gasteiger charge is 2.39. The second-order valence-electron chi connectivity index (χ2n) is 6.91. The first kappa shape index (κ1) is 23.0. The van der Waals surface area contributed by atoms with Crippen molar-refractivity contribution in [3.63, 3.8) is 0 Å². The van der Waals surface area contributed by atoms with Gasteiger partial charge in [0.15, 0.2) is 11.5 Å². The fourth-order valence-electron chi connectivity index (χ4n) is 3.17. The molecule has 0 saturated heterocycles. The zero-order valence-electron chi connectivity index (χ0n) is 17.4. The SMILES string of the molecule is COc1ccc(CNS[C@H](C)[C@](O)(Cn2cncn2)c2ccc(F)cc2F)cc1OC. The van der Waals surface area contributed by atoms with Crippen LogP contribution in [0.1, 0.15) is 18.1 Å². The number of benzene rings is 2. The highest BCUT2D eigenvalue weighted by atomic mass is 32.2. The van der Waals surface area contributed by atoms with E-state index in [0.717, 1.165) is 17.7 Å². The lowest BCUT2D eigenvalue weighted by molar-refractivity contribution is 0.0131. The zero-order chi connectivity index (χ0) is 22.4. The number of aromatic nitrogens is 3. The monoisotopic (exact) mass is 450 g/mol. The Labute approximate surface area is 183 Å². The predicted octanol–water partition coefficient (Wildman–Crippen LogP) is 3.29. The van der Waals surface area contributed by atoms with Crippen LogP contribution in [0.3, 0.4) is 0 Å². The molecule has 2 aromatic carbocycles. The third kappa shape index (κ3) is 5.33. The van der Waals surface area contributed by atoms with Gasteiger partial charge in [-0.3, -0.25) is 4.72 Å². The lowest BCUT2D eigenvalue weighted by atomic mass is 9.90. The first-order chi connectivity index (χ1) is 14.9. The van der Waals surface area contributed by atoms with Crippen LogP contribution in [0.4, 0.5) is 8.78 Å². The molecular weight excluding hydrogens is 426 g/mol. The molecule has 166 valence electrons. The van der Waals surface area contributed by atoms with Crippen molar-refractivity contribution in [3.8, 4) is 11.5 Å². The number of hydrogen-bond donors (Lipinski definition) is 2. The number of hydrogen-bond acceptors (Lipinski definition) is 7. The summed E-state index contributed by atoms with van der Waals surface area (Å²) in [5.41, 5.74) is -0.761. The maximum absolute atomic E-state index is 14.6. The minimum absolute atomic E-state index is 0.0164. The van der Waals surface area contributed by atoms with E-state index in [1.54, 1.807) is 27.2 Å². The van der Waals surface area contributed by atoms with Crippen LogP contribution < -0.4 is 14.2 Å². The van der Waals surface area contributed by atoms with E-state index >= 15 is 0 Å². The Bertz CT molecular complexity index is 1010. The highest BCUT2D eigenvalue weighted by Crippen LogP contribution is 2.35. The van der Waals surface area contributed by atoms with Crippen molar-refractivity contribution in [2.45, 2.75) is 30.9 Å². The van der Waals surface area contributed by atoms with Gasteiger partial charge in [-0.05, 0) is 30.7 Å². The first-order valence-electron chi connectivity index (χ1n) is 9.47. The van der Waals surface area contributed by atoms with Crippen LogP contribution in [0.2, 0.25) is 0 Å². The van der Waals surface area contributed by atoms with Crippen LogP contribution in [-0.4, -0.2) is 39.3 Å². The topological polar surface area (TPSA) is 81.4 Å². The van der Waals surface area contributed by atoms with Gasteiger partial charge in [0.05, 0.1) is 26.0 Å². The molecule has 0 bridgehead atoms. The van der Waals surface area contributed by atoms with Crippen molar-refractivity contribution < 1.29 is 23.4 Å². The lowest BCUT2D eigenvalue weighted by Gasteiger charge is -2.34. The number of nitrogens with one attached hydrogen (secondary N) is 1. The summed E-state index contributed by atoms with van der Waals surface area (Å²) < 4.78 is 43.2. The summed E-state index contributed by atoms with van der Waals surface area (Å²) in [5.74, 6) is -0.302. The predicted molar refractivity (Wildman–Crippen MR) is 114 cm³/mol. The van der Waals surface area contributed by atoms with Crippen molar-refractivity contribution in [2.24, 2.45) is 0 Å². The molecule has 0 aliphatic heterocycles. The molecule has 0 spiro atoms. The Morgan fingerprint density at radius 3 is 2.58 bits per heavy atom. The van der Waals surface area contributed by atoms with Crippen molar-refractivity contribution in [2.75, 3.05) is 14.2 Å². The molecule has 31 heavy (non-hydrogen) atoms. The van der Waals surface area contributed by atoms with Gasteiger partial charge in [-0.2, -0.15) is 5.10 Å². The summed E-state index contributed by atoms with van der Waals surface area (Å²) in [5, 5.41) is 15.0. The average molecular weight is 451 g/mol. The minimum Gasteiger partial charge on any atom is -0.493 e.